The molecule has 0 radical (unpaired) electrons. The van der Waals surface area contributed by atoms with Gasteiger partial charge in [0.1, 0.15) is 11.6 Å². The van der Waals surface area contributed by atoms with Gasteiger partial charge in [-0.15, -0.1) is 0 Å². The number of carbonyl (C=O) groups excluding carboxylic acids is 1. The van der Waals surface area contributed by atoms with Crippen LogP contribution in [0.5, 0.6) is 0 Å². The number of nitrogens with zero attached hydrogens (tertiary/aromatic N) is 1. The third-order valence-electron chi connectivity index (χ3n) is 4.96. The quantitative estimate of drug-likeness (QED) is 0.447. The van der Waals surface area contributed by atoms with Gasteiger partial charge in [-0.3, -0.25) is 9.59 Å². The van der Waals surface area contributed by atoms with Gasteiger partial charge in [0.2, 0.25) is 0 Å². The molecule has 0 fully saturated rings. The summed E-state index contributed by atoms with van der Waals surface area (Å²) in [5, 5.41) is 21.9. The fraction of sp³-hybridized carbons (Fsp3) is 0.261. The van der Waals surface area contributed by atoms with Gasteiger partial charge in [-0.25, -0.2) is 9.37 Å². The van der Waals surface area contributed by atoms with Crippen molar-refractivity contribution in [3.63, 3.8) is 0 Å². The van der Waals surface area contributed by atoms with E-state index in [-0.39, 0.29) is 18.7 Å². The molecule has 0 aliphatic rings. The van der Waals surface area contributed by atoms with E-state index in [1.165, 1.54) is 24.4 Å². The first-order valence-corrected chi connectivity index (χ1v) is 10.3. The number of hydrogen-bond donors (Lipinski definition) is 3. The molecule has 2 atom stereocenters. The second-order valence-corrected chi connectivity index (χ2v) is 7.86. The number of aliphatic hydroxyl groups excluding tert-OH is 1. The molecule has 0 saturated carbocycles. The van der Waals surface area contributed by atoms with Gasteiger partial charge in [-0.2, -0.15) is 0 Å². The Bertz CT molecular complexity index is 1100. The van der Waals surface area contributed by atoms with Gasteiger partial charge in [0.15, 0.2) is 0 Å². The summed E-state index contributed by atoms with van der Waals surface area (Å²) in [4.78, 5) is 27.7. The highest BCUT2D eigenvalue weighted by Gasteiger charge is 2.25. The number of halogens is 2. The van der Waals surface area contributed by atoms with Crippen molar-refractivity contribution in [2.24, 2.45) is 5.92 Å². The molecule has 0 aliphatic heterocycles. The van der Waals surface area contributed by atoms with Crippen molar-refractivity contribution in [1.29, 1.82) is 0 Å². The first-order valence-electron chi connectivity index (χ1n) is 9.88. The van der Waals surface area contributed by atoms with Crippen LogP contribution in [0.2, 0.25) is 5.02 Å². The third kappa shape index (κ3) is 5.93. The van der Waals surface area contributed by atoms with Crippen LogP contribution in [0.3, 0.4) is 0 Å². The lowest BCUT2D eigenvalue weighted by molar-refractivity contribution is -0.143. The van der Waals surface area contributed by atoms with E-state index in [0.29, 0.717) is 21.9 Å². The van der Waals surface area contributed by atoms with Gasteiger partial charge in [-0.1, -0.05) is 35.9 Å². The number of oxazole rings is 1. The van der Waals surface area contributed by atoms with E-state index < -0.39 is 36.3 Å². The van der Waals surface area contributed by atoms with Crippen molar-refractivity contribution >= 4 is 23.5 Å². The normalized spacial score (nSPS) is 12.9. The van der Waals surface area contributed by atoms with Crippen molar-refractivity contribution in [3.8, 4) is 11.1 Å². The SMILES string of the molecule is Cc1cnc(C(=O)N[C@H](Cc2ccc(-c3cc(Cl)ccc3F)cc2)C[C@@H](CO)C(=O)O)o1. The molecular formula is C23H22ClFN2O5. The summed E-state index contributed by atoms with van der Waals surface area (Å²) in [7, 11) is 0. The Morgan fingerprint density at radius 3 is 2.53 bits per heavy atom. The molecule has 3 rings (SSSR count). The van der Waals surface area contributed by atoms with Crippen LogP contribution in [0.15, 0.2) is 53.1 Å². The van der Waals surface area contributed by atoms with Crippen LogP contribution < -0.4 is 5.32 Å². The number of nitrogens with one attached hydrogen (secondary N) is 1. The zero-order valence-corrected chi connectivity index (χ0v) is 18.0. The summed E-state index contributed by atoms with van der Waals surface area (Å²) >= 11 is 5.97. The van der Waals surface area contributed by atoms with Crippen LogP contribution in [-0.2, 0) is 11.2 Å². The molecule has 1 aromatic heterocycles. The number of benzene rings is 2. The van der Waals surface area contributed by atoms with Crippen molar-refractivity contribution in [2.75, 3.05) is 6.61 Å². The number of aromatic nitrogens is 1. The Morgan fingerprint density at radius 2 is 1.94 bits per heavy atom. The molecule has 3 N–H and O–H groups in total. The van der Waals surface area contributed by atoms with Crippen molar-refractivity contribution < 1.29 is 28.6 Å². The third-order valence-corrected chi connectivity index (χ3v) is 5.20. The molecule has 1 heterocycles. The van der Waals surface area contributed by atoms with Crippen molar-refractivity contribution in [1.82, 2.24) is 10.3 Å². The van der Waals surface area contributed by atoms with E-state index in [1.807, 2.05) is 0 Å². The molecule has 0 aliphatic carbocycles. The van der Waals surface area contributed by atoms with Crippen LogP contribution >= 0.6 is 11.6 Å². The summed E-state index contributed by atoms with van der Waals surface area (Å²) in [6, 6.07) is 10.7. The zero-order valence-electron chi connectivity index (χ0n) is 17.2. The van der Waals surface area contributed by atoms with Gasteiger partial charge in [-0.05, 0) is 49.1 Å². The van der Waals surface area contributed by atoms with Gasteiger partial charge >= 0.3 is 11.9 Å². The average molecular weight is 461 g/mol. The number of aliphatic hydroxyl groups is 1. The Kier molecular flexibility index (Phi) is 7.61. The molecule has 1 amide bonds. The summed E-state index contributed by atoms with van der Waals surface area (Å²) in [5.74, 6) is -2.86. The highest BCUT2D eigenvalue weighted by atomic mass is 35.5. The number of aliphatic carboxylic acids is 1. The standard InChI is InChI=1S/C23H22ClFN2O5/c1-13-11-26-22(32-13)21(29)27-18(9-16(12-28)23(30)31)8-14-2-4-15(5-3-14)19-10-17(24)6-7-20(19)25/h2-7,10-11,16,18,28H,8-9,12H2,1H3,(H,27,29)(H,30,31)/t16-,18+/m0/s1. The molecule has 7 nitrogen and oxygen atoms in total. The largest absolute Gasteiger partial charge is 0.481 e. The fourth-order valence-electron chi connectivity index (χ4n) is 3.32. The van der Waals surface area contributed by atoms with E-state index in [1.54, 1.807) is 31.2 Å². The van der Waals surface area contributed by atoms with Crippen LogP contribution in [0.1, 0.15) is 28.4 Å². The van der Waals surface area contributed by atoms with E-state index in [2.05, 4.69) is 10.3 Å². The van der Waals surface area contributed by atoms with Crippen LogP contribution in [0.4, 0.5) is 4.39 Å². The number of amides is 1. The molecular weight excluding hydrogens is 439 g/mol. The van der Waals surface area contributed by atoms with Crippen molar-refractivity contribution in [2.45, 2.75) is 25.8 Å². The smallest absolute Gasteiger partial charge is 0.308 e. The number of carboxylic acids is 1. The number of aryl methyl sites for hydroxylation is 1. The van der Waals surface area contributed by atoms with Crippen LogP contribution in [-0.4, -0.2) is 39.7 Å². The molecule has 0 spiro atoms. The monoisotopic (exact) mass is 460 g/mol. The second-order valence-electron chi connectivity index (χ2n) is 7.43. The van der Waals surface area contributed by atoms with Gasteiger partial charge < -0.3 is 19.9 Å². The predicted octanol–water partition coefficient (Wildman–Crippen LogP) is 3.87. The Labute approximate surface area is 188 Å². The minimum absolute atomic E-state index is 0.00192. The number of hydrogen-bond acceptors (Lipinski definition) is 5. The summed E-state index contributed by atoms with van der Waals surface area (Å²) < 4.78 is 19.4. The lowest BCUT2D eigenvalue weighted by Gasteiger charge is -2.21. The topological polar surface area (TPSA) is 113 Å². The highest BCUT2D eigenvalue weighted by molar-refractivity contribution is 6.30. The number of carboxylic acid groups (broad SMARTS) is 1. The van der Waals surface area contributed by atoms with Gasteiger partial charge in [0.05, 0.1) is 18.7 Å². The highest BCUT2D eigenvalue weighted by Crippen LogP contribution is 2.26. The van der Waals surface area contributed by atoms with E-state index in [0.717, 1.165) is 5.56 Å². The second kappa shape index (κ2) is 10.4. The zero-order chi connectivity index (χ0) is 23.3. The summed E-state index contributed by atoms with van der Waals surface area (Å²) in [5.41, 5.74) is 1.77. The minimum atomic E-state index is -1.16. The summed E-state index contributed by atoms with van der Waals surface area (Å²) in [6.45, 7) is 1.09. The van der Waals surface area contributed by atoms with E-state index in [4.69, 9.17) is 16.0 Å². The fourth-order valence-corrected chi connectivity index (χ4v) is 3.49. The molecule has 0 bridgehead atoms. The maximum atomic E-state index is 14.1. The predicted molar refractivity (Wildman–Crippen MR) is 116 cm³/mol. The van der Waals surface area contributed by atoms with Gasteiger partial charge in [0.25, 0.3) is 5.89 Å². The first kappa shape index (κ1) is 23.4. The lowest BCUT2D eigenvalue weighted by atomic mass is 9.94. The minimum Gasteiger partial charge on any atom is -0.481 e. The lowest BCUT2D eigenvalue weighted by Crippen LogP contribution is -2.40. The van der Waals surface area contributed by atoms with Crippen molar-refractivity contribution in [3.05, 3.63) is 76.7 Å². The molecule has 0 saturated heterocycles. The van der Waals surface area contributed by atoms with Gasteiger partial charge in [0, 0.05) is 16.6 Å². The molecule has 2 aromatic carbocycles. The van der Waals surface area contributed by atoms with Crippen LogP contribution in [0.25, 0.3) is 11.1 Å². The Balaban J connectivity index is 1.79. The summed E-state index contributed by atoms with van der Waals surface area (Å²) in [6.07, 6.45) is 1.70. The molecule has 9 heteroatoms. The van der Waals surface area contributed by atoms with E-state index >= 15 is 0 Å². The van der Waals surface area contributed by atoms with E-state index in [9.17, 15) is 24.2 Å². The molecule has 3 aromatic rings. The maximum absolute atomic E-state index is 14.1. The number of carbonyl (C=O) groups is 2. The Morgan fingerprint density at radius 1 is 1.22 bits per heavy atom. The molecule has 168 valence electrons. The molecule has 0 unspecified atom stereocenters. The Hall–Kier alpha value is -3.23. The first-order chi connectivity index (χ1) is 15.3. The molecule has 32 heavy (non-hydrogen) atoms. The number of rotatable bonds is 9. The average Bonchev–Trinajstić information content (AvgIpc) is 3.20. The maximum Gasteiger partial charge on any atom is 0.308 e. The van der Waals surface area contributed by atoms with Crippen LogP contribution in [0, 0.1) is 18.7 Å².